The number of thiophene rings is 2. The minimum absolute atomic E-state index is 0.0997. The number of carbonyl (C=O) groups excluding carboxylic acids is 1. The molecule has 0 aliphatic carbocycles. The Hall–Kier alpha value is -2.14. The van der Waals surface area contributed by atoms with Crippen LogP contribution in [0.3, 0.4) is 0 Å². The molecule has 0 bridgehead atoms. The number of aliphatic carboxylic acids is 1. The van der Waals surface area contributed by atoms with Crippen LogP contribution < -0.4 is 5.32 Å². The molecule has 25 heavy (non-hydrogen) atoms. The SMILES string of the molecule is C[N+](C)(C)CC(CC(=O)O)NC(=O)c1ccc(C#Cc2ccsc2)s1. The minimum atomic E-state index is -0.924. The van der Waals surface area contributed by atoms with Gasteiger partial charge >= 0.3 is 5.97 Å². The Morgan fingerprint density at radius 1 is 1.24 bits per heavy atom. The van der Waals surface area contributed by atoms with Gasteiger partial charge in [0.05, 0.1) is 49.9 Å². The van der Waals surface area contributed by atoms with Crippen LogP contribution in [0, 0.1) is 11.8 Å². The molecular formula is C18H21N2O3S2+. The first kappa shape index (κ1) is 19.2. The molecular weight excluding hydrogens is 356 g/mol. The molecule has 1 unspecified atom stereocenters. The summed E-state index contributed by atoms with van der Waals surface area (Å²) in [6, 6.07) is 5.06. The Labute approximate surface area is 155 Å². The smallest absolute Gasteiger partial charge is 0.305 e. The fourth-order valence-electron chi connectivity index (χ4n) is 2.29. The highest BCUT2D eigenvalue weighted by Crippen LogP contribution is 2.16. The molecule has 1 amide bonds. The predicted octanol–water partition coefficient (Wildman–Crippen LogP) is 2.49. The van der Waals surface area contributed by atoms with Gasteiger partial charge in [0.2, 0.25) is 0 Å². The maximum atomic E-state index is 12.4. The zero-order valence-corrected chi connectivity index (χ0v) is 16.0. The molecule has 7 heteroatoms. The van der Waals surface area contributed by atoms with Crippen LogP contribution in [0.15, 0.2) is 29.0 Å². The largest absolute Gasteiger partial charge is 0.481 e. The van der Waals surface area contributed by atoms with Gasteiger partial charge in [0.25, 0.3) is 5.91 Å². The van der Waals surface area contributed by atoms with Crippen molar-refractivity contribution in [3.63, 3.8) is 0 Å². The number of likely N-dealkylation sites (N-methyl/N-ethyl adjacent to an activating group) is 1. The zero-order valence-electron chi connectivity index (χ0n) is 14.4. The first-order chi connectivity index (χ1) is 11.7. The predicted molar refractivity (Wildman–Crippen MR) is 101 cm³/mol. The van der Waals surface area contributed by atoms with Crippen molar-refractivity contribution in [2.45, 2.75) is 12.5 Å². The van der Waals surface area contributed by atoms with Crippen LogP contribution in [0.4, 0.5) is 0 Å². The average molecular weight is 378 g/mol. The van der Waals surface area contributed by atoms with Gasteiger partial charge in [0.1, 0.15) is 0 Å². The number of carboxylic acids is 1. The number of nitrogens with zero attached hydrogens (tertiary/aromatic N) is 1. The van der Waals surface area contributed by atoms with Gasteiger partial charge in [-0.1, -0.05) is 11.8 Å². The first-order valence-electron chi connectivity index (χ1n) is 7.70. The highest BCUT2D eigenvalue weighted by molar-refractivity contribution is 7.14. The third-order valence-electron chi connectivity index (χ3n) is 3.21. The van der Waals surface area contributed by atoms with Gasteiger partial charge in [-0.05, 0) is 23.6 Å². The second-order valence-electron chi connectivity index (χ2n) is 6.67. The standard InChI is InChI=1S/C18H20N2O3S2/c1-20(2,3)11-14(10-17(21)22)19-18(23)16-7-6-15(25-16)5-4-13-8-9-24-12-13/h6-9,12,14H,10-11H2,1-3H3,(H-,19,21,22,23)/p+1. The molecule has 0 spiro atoms. The number of quaternary nitrogens is 1. The normalized spacial score (nSPS) is 12.1. The Balaban J connectivity index is 2.04. The van der Waals surface area contributed by atoms with E-state index in [9.17, 15) is 9.59 Å². The van der Waals surface area contributed by atoms with Crippen LogP contribution in [0.1, 0.15) is 26.5 Å². The number of hydrogen-bond acceptors (Lipinski definition) is 4. The second-order valence-corrected chi connectivity index (χ2v) is 8.53. The van der Waals surface area contributed by atoms with Crippen LogP contribution in [0.25, 0.3) is 0 Å². The van der Waals surface area contributed by atoms with Gasteiger partial charge in [-0.25, -0.2) is 0 Å². The number of hydrogen-bond donors (Lipinski definition) is 2. The van der Waals surface area contributed by atoms with Crippen molar-refractivity contribution in [2.24, 2.45) is 0 Å². The molecule has 132 valence electrons. The van der Waals surface area contributed by atoms with E-state index in [1.807, 2.05) is 44.0 Å². The Morgan fingerprint density at radius 2 is 2.00 bits per heavy atom. The number of carbonyl (C=O) groups is 2. The quantitative estimate of drug-likeness (QED) is 0.600. The van der Waals surface area contributed by atoms with E-state index in [1.165, 1.54) is 11.3 Å². The molecule has 1 atom stereocenters. The van der Waals surface area contributed by atoms with Crippen molar-refractivity contribution >= 4 is 34.6 Å². The summed E-state index contributed by atoms with van der Waals surface area (Å²) in [5.41, 5.74) is 0.953. The van der Waals surface area contributed by atoms with Gasteiger partial charge in [-0.3, -0.25) is 9.59 Å². The molecule has 0 aliphatic rings. The molecule has 2 aromatic heterocycles. The van der Waals surface area contributed by atoms with Gasteiger partial charge in [-0.2, -0.15) is 11.3 Å². The summed E-state index contributed by atoms with van der Waals surface area (Å²) in [5, 5.41) is 15.8. The molecule has 0 saturated carbocycles. The van der Waals surface area contributed by atoms with Crippen LogP contribution in [-0.4, -0.2) is 55.2 Å². The van der Waals surface area contributed by atoms with Gasteiger partial charge in [0, 0.05) is 10.9 Å². The lowest BCUT2D eigenvalue weighted by Gasteiger charge is -2.29. The van der Waals surface area contributed by atoms with Crippen LogP contribution >= 0.6 is 22.7 Å². The second kappa shape index (κ2) is 8.30. The van der Waals surface area contributed by atoms with E-state index in [4.69, 9.17) is 5.11 Å². The van der Waals surface area contributed by atoms with E-state index < -0.39 is 12.0 Å². The molecule has 5 nitrogen and oxygen atoms in total. The van der Waals surface area contributed by atoms with Gasteiger partial charge < -0.3 is 14.9 Å². The number of rotatable bonds is 6. The first-order valence-corrected chi connectivity index (χ1v) is 9.46. The summed E-state index contributed by atoms with van der Waals surface area (Å²) in [7, 11) is 5.89. The van der Waals surface area contributed by atoms with Crippen LogP contribution in [-0.2, 0) is 4.79 Å². The highest BCUT2D eigenvalue weighted by atomic mass is 32.1. The number of amides is 1. The number of carboxylic acid groups (broad SMARTS) is 1. The molecule has 2 rings (SSSR count). The molecule has 0 aromatic carbocycles. The van der Waals surface area contributed by atoms with Crippen LogP contribution in [0.5, 0.6) is 0 Å². The topological polar surface area (TPSA) is 66.4 Å². The van der Waals surface area contributed by atoms with E-state index in [2.05, 4.69) is 17.2 Å². The Bertz CT molecular complexity index is 792. The maximum absolute atomic E-state index is 12.4. The zero-order chi connectivity index (χ0) is 18.4. The molecule has 0 fully saturated rings. The van der Waals surface area contributed by atoms with E-state index in [1.54, 1.807) is 17.4 Å². The molecule has 0 radical (unpaired) electrons. The lowest BCUT2D eigenvalue weighted by Crippen LogP contribution is -2.49. The monoisotopic (exact) mass is 377 g/mol. The molecule has 0 aliphatic heterocycles. The summed E-state index contributed by atoms with van der Waals surface area (Å²) < 4.78 is 0.569. The van der Waals surface area contributed by atoms with Crippen molar-refractivity contribution in [3.05, 3.63) is 44.3 Å². The summed E-state index contributed by atoms with van der Waals surface area (Å²) in [5.74, 6) is 4.91. The van der Waals surface area contributed by atoms with Crippen molar-refractivity contribution in [1.82, 2.24) is 5.32 Å². The maximum Gasteiger partial charge on any atom is 0.305 e. The van der Waals surface area contributed by atoms with Crippen molar-refractivity contribution < 1.29 is 19.2 Å². The summed E-state index contributed by atoms with van der Waals surface area (Å²) in [6.07, 6.45) is -0.0997. The Morgan fingerprint density at radius 3 is 2.60 bits per heavy atom. The number of nitrogens with one attached hydrogen (secondary N) is 1. The van der Waals surface area contributed by atoms with Crippen molar-refractivity contribution in [3.8, 4) is 11.8 Å². The van der Waals surface area contributed by atoms with Crippen molar-refractivity contribution in [2.75, 3.05) is 27.7 Å². The Kier molecular flexibility index (Phi) is 6.37. The summed E-state index contributed by atoms with van der Waals surface area (Å²) >= 11 is 2.90. The third kappa shape index (κ3) is 6.70. The van der Waals surface area contributed by atoms with Gasteiger partial charge in [-0.15, -0.1) is 11.3 Å². The average Bonchev–Trinajstić information content (AvgIpc) is 3.14. The fraction of sp³-hybridized carbons (Fsp3) is 0.333. The van der Waals surface area contributed by atoms with Crippen LogP contribution in [0.2, 0.25) is 0 Å². The highest BCUT2D eigenvalue weighted by Gasteiger charge is 2.23. The summed E-state index contributed by atoms with van der Waals surface area (Å²) in [4.78, 5) is 24.8. The summed E-state index contributed by atoms with van der Waals surface area (Å²) in [6.45, 7) is 0.536. The molecule has 2 heterocycles. The third-order valence-corrected chi connectivity index (χ3v) is 4.89. The van der Waals surface area contributed by atoms with E-state index >= 15 is 0 Å². The van der Waals surface area contributed by atoms with E-state index in [-0.39, 0.29) is 12.3 Å². The minimum Gasteiger partial charge on any atom is -0.481 e. The molecule has 2 N–H and O–H groups in total. The van der Waals surface area contributed by atoms with Crippen molar-refractivity contribution in [1.29, 1.82) is 0 Å². The van der Waals surface area contributed by atoms with Gasteiger partial charge in [0.15, 0.2) is 0 Å². The van der Waals surface area contributed by atoms with E-state index in [0.29, 0.717) is 15.9 Å². The lowest BCUT2D eigenvalue weighted by atomic mass is 10.2. The fourth-order valence-corrected chi connectivity index (χ4v) is 3.64. The van der Waals surface area contributed by atoms with E-state index in [0.717, 1.165) is 10.4 Å². The molecule has 2 aromatic rings. The lowest BCUT2D eigenvalue weighted by molar-refractivity contribution is -0.871. The molecule has 0 saturated heterocycles.